The largest absolute Gasteiger partial charge is 0.466 e. The Morgan fingerprint density at radius 2 is 2.15 bits per heavy atom. The third-order valence-corrected chi connectivity index (χ3v) is 3.79. The van der Waals surface area contributed by atoms with E-state index in [0.29, 0.717) is 22.8 Å². The number of carbonyl (C=O) groups is 1. The highest BCUT2D eigenvalue weighted by atomic mass is 79.9. The average molecular weight is 358 g/mol. The summed E-state index contributed by atoms with van der Waals surface area (Å²) in [5.41, 5.74) is 1.28. The molecule has 1 N–H and O–H groups in total. The number of hydrogen-bond acceptors (Lipinski definition) is 3. The number of amides is 1. The number of hydrogen-bond donors (Lipinski definition) is 1. The number of nitrogens with one attached hydrogen (secondary N) is 1. The van der Waals surface area contributed by atoms with Crippen LogP contribution in [-0.2, 0) is 6.54 Å². The van der Waals surface area contributed by atoms with Gasteiger partial charge in [-0.3, -0.25) is 4.79 Å². The Bertz CT molecular complexity index is 625. The van der Waals surface area contributed by atoms with E-state index in [1.807, 2.05) is 6.07 Å². The van der Waals surface area contributed by atoms with Gasteiger partial charge in [0.2, 0.25) is 0 Å². The lowest BCUT2D eigenvalue weighted by Crippen LogP contribution is -2.21. The molecule has 2 rings (SSSR count). The number of carbonyl (C=O) groups excluding carboxylic acids is 1. The molecule has 4 nitrogen and oxygen atoms in total. The van der Waals surface area contributed by atoms with Gasteiger partial charge < -0.3 is 14.6 Å². The third-order valence-electron chi connectivity index (χ3n) is 2.75. The number of anilines is 1. The average Bonchev–Trinajstić information content (AvgIpc) is 2.82. The van der Waals surface area contributed by atoms with Crippen molar-refractivity contribution in [1.82, 2.24) is 4.90 Å². The molecule has 1 aromatic heterocycles. The van der Waals surface area contributed by atoms with Crippen molar-refractivity contribution in [3.8, 4) is 0 Å². The molecule has 0 aliphatic heterocycles. The van der Waals surface area contributed by atoms with Gasteiger partial charge in [-0.15, -0.1) is 0 Å². The van der Waals surface area contributed by atoms with Crippen molar-refractivity contribution in [1.29, 1.82) is 0 Å². The topological polar surface area (TPSA) is 45.5 Å². The van der Waals surface area contributed by atoms with Crippen LogP contribution in [0, 0.1) is 0 Å². The lowest BCUT2D eigenvalue weighted by molar-refractivity contribution is 0.0827. The smallest absolute Gasteiger partial charge is 0.253 e. The fourth-order valence-electron chi connectivity index (χ4n) is 1.68. The number of furan rings is 1. The molecule has 0 aliphatic rings. The zero-order valence-electron chi connectivity index (χ0n) is 11.1. The van der Waals surface area contributed by atoms with Gasteiger partial charge in [0.25, 0.3) is 5.91 Å². The summed E-state index contributed by atoms with van der Waals surface area (Å²) in [5.74, 6) is 0.703. The Balaban J connectivity index is 2.17. The van der Waals surface area contributed by atoms with Gasteiger partial charge in [-0.25, -0.2) is 0 Å². The third kappa shape index (κ3) is 3.35. The molecule has 0 atom stereocenters. The minimum absolute atomic E-state index is 0.0658. The summed E-state index contributed by atoms with van der Waals surface area (Å²) < 4.78 is 6.20. The summed E-state index contributed by atoms with van der Waals surface area (Å²) in [6.45, 7) is 0.479. The van der Waals surface area contributed by atoms with E-state index < -0.39 is 0 Å². The summed E-state index contributed by atoms with van der Waals surface area (Å²) in [7, 11) is 3.42. The first kappa shape index (κ1) is 14.9. The highest BCUT2D eigenvalue weighted by molar-refractivity contribution is 9.10. The van der Waals surface area contributed by atoms with E-state index in [4.69, 9.17) is 16.0 Å². The van der Waals surface area contributed by atoms with Crippen LogP contribution in [0.2, 0.25) is 5.02 Å². The molecule has 0 saturated heterocycles. The Hall–Kier alpha value is -1.46. The number of rotatable bonds is 4. The molecule has 1 aromatic carbocycles. The first-order valence-corrected chi connectivity index (χ1v) is 7.13. The zero-order chi connectivity index (χ0) is 14.7. The van der Waals surface area contributed by atoms with Crippen LogP contribution in [0.4, 0.5) is 5.69 Å². The lowest BCUT2D eigenvalue weighted by atomic mass is 10.1. The molecule has 1 amide bonds. The number of halogens is 2. The maximum atomic E-state index is 11.9. The molecular weight excluding hydrogens is 344 g/mol. The fraction of sp³-hybridized carbons (Fsp3) is 0.214. The predicted molar refractivity (Wildman–Crippen MR) is 83.2 cm³/mol. The van der Waals surface area contributed by atoms with Crippen LogP contribution in [-0.4, -0.2) is 24.9 Å². The van der Waals surface area contributed by atoms with Crippen molar-refractivity contribution in [2.75, 3.05) is 19.4 Å². The lowest BCUT2D eigenvalue weighted by Gasteiger charge is -2.13. The quantitative estimate of drug-likeness (QED) is 0.899. The minimum Gasteiger partial charge on any atom is -0.466 e. The second kappa shape index (κ2) is 6.33. The SMILES string of the molecule is CN(C)C(=O)c1ccc(Cl)c(NCc2occc2Br)c1. The van der Waals surface area contributed by atoms with Gasteiger partial charge in [0.1, 0.15) is 5.76 Å². The van der Waals surface area contributed by atoms with Crippen molar-refractivity contribution < 1.29 is 9.21 Å². The summed E-state index contributed by atoms with van der Waals surface area (Å²) in [6, 6.07) is 6.97. The van der Waals surface area contributed by atoms with E-state index in [2.05, 4.69) is 21.2 Å². The number of nitrogens with zero attached hydrogens (tertiary/aromatic N) is 1. The van der Waals surface area contributed by atoms with Crippen molar-refractivity contribution >= 4 is 39.1 Å². The Labute approximate surface area is 130 Å². The van der Waals surface area contributed by atoms with Crippen LogP contribution in [0.3, 0.4) is 0 Å². The van der Waals surface area contributed by atoms with Gasteiger partial charge in [-0.05, 0) is 40.2 Å². The highest BCUT2D eigenvalue weighted by Crippen LogP contribution is 2.25. The summed E-state index contributed by atoms with van der Waals surface area (Å²) in [4.78, 5) is 13.4. The second-order valence-corrected chi connectivity index (χ2v) is 5.70. The van der Waals surface area contributed by atoms with Crippen LogP contribution in [0.5, 0.6) is 0 Å². The first-order valence-electron chi connectivity index (χ1n) is 5.96. The molecule has 2 aromatic rings. The molecular formula is C14H14BrClN2O2. The van der Waals surface area contributed by atoms with E-state index in [9.17, 15) is 4.79 Å². The molecule has 0 aliphatic carbocycles. The van der Waals surface area contributed by atoms with Crippen molar-refractivity contribution in [2.45, 2.75) is 6.54 Å². The zero-order valence-corrected chi connectivity index (χ0v) is 13.5. The molecule has 0 bridgehead atoms. The maximum Gasteiger partial charge on any atom is 0.253 e. The highest BCUT2D eigenvalue weighted by Gasteiger charge is 2.11. The number of benzene rings is 1. The fourth-order valence-corrected chi connectivity index (χ4v) is 2.20. The molecule has 20 heavy (non-hydrogen) atoms. The van der Waals surface area contributed by atoms with E-state index in [-0.39, 0.29) is 5.91 Å². The predicted octanol–water partition coefficient (Wildman–Crippen LogP) is 4.01. The van der Waals surface area contributed by atoms with Gasteiger partial charge in [0.05, 0.1) is 28.0 Å². The van der Waals surface area contributed by atoms with Crippen LogP contribution in [0.25, 0.3) is 0 Å². The van der Waals surface area contributed by atoms with Crippen molar-refractivity contribution in [3.05, 3.63) is 51.3 Å². The molecule has 0 radical (unpaired) electrons. The molecule has 106 valence electrons. The maximum absolute atomic E-state index is 11.9. The van der Waals surface area contributed by atoms with Crippen LogP contribution in [0.1, 0.15) is 16.1 Å². The van der Waals surface area contributed by atoms with Gasteiger partial charge >= 0.3 is 0 Å². The molecule has 0 spiro atoms. The standard InChI is InChI=1S/C14H14BrClN2O2/c1-18(2)14(19)9-3-4-11(16)12(7-9)17-8-13-10(15)5-6-20-13/h3-7,17H,8H2,1-2H3. The van der Waals surface area contributed by atoms with Crippen molar-refractivity contribution in [3.63, 3.8) is 0 Å². The molecule has 0 saturated carbocycles. The first-order chi connectivity index (χ1) is 9.49. The van der Waals surface area contributed by atoms with Gasteiger partial charge in [0.15, 0.2) is 0 Å². The van der Waals surface area contributed by atoms with E-state index >= 15 is 0 Å². The Morgan fingerprint density at radius 3 is 2.75 bits per heavy atom. The molecule has 1 heterocycles. The van der Waals surface area contributed by atoms with E-state index in [1.54, 1.807) is 38.6 Å². The monoisotopic (exact) mass is 356 g/mol. The molecule has 0 unspecified atom stereocenters. The normalized spacial score (nSPS) is 10.4. The van der Waals surface area contributed by atoms with Crippen LogP contribution < -0.4 is 5.32 Å². The van der Waals surface area contributed by atoms with E-state index in [0.717, 1.165) is 10.2 Å². The van der Waals surface area contributed by atoms with E-state index in [1.165, 1.54) is 4.90 Å². The van der Waals surface area contributed by atoms with Crippen molar-refractivity contribution in [2.24, 2.45) is 0 Å². The van der Waals surface area contributed by atoms with Gasteiger partial charge in [-0.1, -0.05) is 11.6 Å². The second-order valence-electron chi connectivity index (χ2n) is 4.44. The van der Waals surface area contributed by atoms with Gasteiger partial charge in [0, 0.05) is 19.7 Å². The Kier molecular flexibility index (Phi) is 4.73. The summed E-state index contributed by atoms with van der Waals surface area (Å²) in [6.07, 6.45) is 1.61. The summed E-state index contributed by atoms with van der Waals surface area (Å²) >= 11 is 9.52. The van der Waals surface area contributed by atoms with Crippen LogP contribution in [0.15, 0.2) is 39.4 Å². The van der Waals surface area contributed by atoms with Crippen LogP contribution >= 0.6 is 27.5 Å². The Morgan fingerprint density at radius 1 is 1.40 bits per heavy atom. The van der Waals surface area contributed by atoms with Gasteiger partial charge in [-0.2, -0.15) is 0 Å². The molecule has 6 heteroatoms. The minimum atomic E-state index is -0.0658. The summed E-state index contributed by atoms with van der Waals surface area (Å²) in [5, 5.41) is 3.72. The molecule has 0 fully saturated rings.